The van der Waals surface area contributed by atoms with Crippen LogP contribution >= 0.6 is 11.8 Å². The van der Waals surface area contributed by atoms with Crippen molar-refractivity contribution in [3.63, 3.8) is 0 Å². The molecule has 33 heavy (non-hydrogen) atoms. The lowest BCUT2D eigenvalue weighted by Crippen LogP contribution is -2.33. The monoisotopic (exact) mass is 499 g/mol. The number of thioether (sulfide) groups is 1. The van der Waals surface area contributed by atoms with Crippen molar-refractivity contribution in [3.05, 3.63) is 54.6 Å². The Bertz CT molecular complexity index is 1020. The molecule has 2 heterocycles. The summed E-state index contributed by atoms with van der Waals surface area (Å²) in [4.78, 5) is 2.74. The lowest BCUT2D eigenvalue weighted by atomic mass is 10.0. The van der Waals surface area contributed by atoms with E-state index in [2.05, 4.69) is 15.5 Å². The Morgan fingerprint density at radius 1 is 1.03 bits per heavy atom. The van der Waals surface area contributed by atoms with E-state index in [0.717, 1.165) is 43.7 Å². The first kappa shape index (κ1) is 24.4. The van der Waals surface area contributed by atoms with Crippen LogP contribution in [-0.4, -0.2) is 63.3 Å². The van der Waals surface area contributed by atoms with Crippen molar-refractivity contribution in [1.82, 2.24) is 10.2 Å². The molecule has 4 rings (SSSR count). The molecule has 2 fully saturated rings. The summed E-state index contributed by atoms with van der Waals surface area (Å²) in [5.74, 6) is 1.92. The summed E-state index contributed by atoms with van der Waals surface area (Å²) in [6.45, 7) is 4.93. The van der Waals surface area contributed by atoms with Crippen LogP contribution in [0.3, 0.4) is 0 Å². The number of rotatable bonds is 9. The standard InChI is InChI=1S/C23H28F3N3O2S2/c24-23(25,26)33(30,31)22-9-5-4-8-21(22)28-19(16-32-20-6-2-1-3-7-20)10-11-29-14-17-12-27-13-18(17)15-29/h1-9,17-19,27-28H,10-16H2/t17?,18?,19-/m1/s1. The molecular formula is C23H28F3N3O2S2. The zero-order valence-corrected chi connectivity index (χ0v) is 19.7. The molecule has 0 aromatic heterocycles. The van der Waals surface area contributed by atoms with E-state index in [9.17, 15) is 21.6 Å². The van der Waals surface area contributed by atoms with Crippen LogP contribution in [0.1, 0.15) is 6.42 Å². The summed E-state index contributed by atoms with van der Waals surface area (Å²) in [7, 11) is -5.45. The van der Waals surface area contributed by atoms with Crippen molar-refractivity contribution in [3.8, 4) is 0 Å². The number of alkyl halides is 3. The van der Waals surface area contributed by atoms with Crippen molar-refractivity contribution < 1.29 is 21.6 Å². The summed E-state index contributed by atoms with van der Waals surface area (Å²) in [5, 5.41) is 6.55. The Labute approximate surface area is 197 Å². The highest BCUT2D eigenvalue weighted by atomic mass is 32.2. The van der Waals surface area contributed by atoms with Crippen LogP contribution in [0.2, 0.25) is 0 Å². The zero-order valence-electron chi connectivity index (χ0n) is 18.1. The van der Waals surface area contributed by atoms with Crippen LogP contribution in [0.25, 0.3) is 0 Å². The van der Waals surface area contributed by atoms with Gasteiger partial charge < -0.3 is 15.5 Å². The minimum Gasteiger partial charge on any atom is -0.380 e. The van der Waals surface area contributed by atoms with Crippen LogP contribution in [0, 0.1) is 11.8 Å². The van der Waals surface area contributed by atoms with Gasteiger partial charge in [-0.25, -0.2) is 8.42 Å². The molecule has 0 amide bonds. The average Bonchev–Trinajstić information content (AvgIpc) is 3.38. The molecule has 0 bridgehead atoms. The van der Waals surface area contributed by atoms with Crippen LogP contribution < -0.4 is 10.6 Å². The van der Waals surface area contributed by atoms with Gasteiger partial charge in [0.1, 0.15) is 0 Å². The fourth-order valence-corrected chi connectivity index (χ4v) is 6.47. The van der Waals surface area contributed by atoms with E-state index in [1.54, 1.807) is 17.8 Å². The molecular weight excluding hydrogens is 471 g/mol. The van der Waals surface area contributed by atoms with E-state index < -0.39 is 20.2 Å². The fourth-order valence-electron chi connectivity index (χ4n) is 4.55. The van der Waals surface area contributed by atoms with Gasteiger partial charge in [0.2, 0.25) is 0 Å². The first-order valence-electron chi connectivity index (χ1n) is 11.0. The molecule has 0 spiro atoms. The lowest BCUT2D eigenvalue weighted by Gasteiger charge is -2.25. The van der Waals surface area contributed by atoms with Crippen molar-refractivity contribution in [2.75, 3.05) is 43.8 Å². The Morgan fingerprint density at radius 3 is 2.33 bits per heavy atom. The SMILES string of the molecule is O=S(=O)(c1ccccc1N[C@H](CCN1CC2CNCC2C1)CSc1ccccc1)C(F)(F)F. The highest BCUT2D eigenvalue weighted by molar-refractivity contribution is 7.99. The largest absolute Gasteiger partial charge is 0.501 e. The molecule has 5 nitrogen and oxygen atoms in total. The van der Waals surface area contributed by atoms with E-state index in [4.69, 9.17) is 0 Å². The van der Waals surface area contributed by atoms with Gasteiger partial charge >= 0.3 is 5.51 Å². The minimum absolute atomic E-state index is 0.00372. The van der Waals surface area contributed by atoms with Crippen LogP contribution in [0.15, 0.2) is 64.4 Å². The van der Waals surface area contributed by atoms with Crippen LogP contribution in [0.5, 0.6) is 0 Å². The second-order valence-electron chi connectivity index (χ2n) is 8.64. The van der Waals surface area contributed by atoms with Crippen molar-refractivity contribution in [2.45, 2.75) is 27.8 Å². The third kappa shape index (κ3) is 5.85. The predicted molar refractivity (Wildman–Crippen MR) is 125 cm³/mol. The Hall–Kier alpha value is -1.75. The summed E-state index contributed by atoms with van der Waals surface area (Å²) in [5.41, 5.74) is -5.35. The van der Waals surface area contributed by atoms with Gasteiger partial charge in [0.25, 0.3) is 9.84 Å². The third-order valence-corrected chi connectivity index (χ3v) is 9.01. The number of benzene rings is 2. The molecule has 3 atom stereocenters. The van der Waals surface area contributed by atoms with Crippen molar-refractivity contribution in [2.24, 2.45) is 11.8 Å². The lowest BCUT2D eigenvalue weighted by molar-refractivity contribution is -0.0435. The number of hydrogen-bond donors (Lipinski definition) is 2. The Kier molecular flexibility index (Phi) is 7.57. The van der Waals surface area contributed by atoms with E-state index in [0.29, 0.717) is 24.0 Å². The number of likely N-dealkylation sites (tertiary alicyclic amines) is 1. The maximum atomic E-state index is 13.2. The average molecular weight is 500 g/mol. The number of nitrogens with zero attached hydrogens (tertiary/aromatic N) is 1. The van der Waals surface area contributed by atoms with Crippen molar-refractivity contribution >= 4 is 27.3 Å². The second-order valence-corrected chi connectivity index (χ2v) is 11.6. The Balaban J connectivity index is 1.48. The third-order valence-electron chi connectivity index (χ3n) is 6.29. The number of halogens is 3. The molecule has 0 radical (unpaired) electrons. The van der Waals surface area contributed by atoms with Gasteiger partial charge in [-0.1, -0.05) is 30.3 Å². The van der Waals surface area contributed by atoms with Gasteiger partial charge in [0.15, 0.2) is 0 Å². The predicted octanol–water partition coefficient (Wildman–Crippen LogP) is 4.09. The summed E-state index contributed by atoms with van der Waals surface area (Å²) in [6, 6.07) is 14.9. The van der Waals surface area contributed by atoms with E-state index in [1.165, 1.54) is 12.1 Å². The first-order valence-corrected chi connectivity index (χ1v) is 13.5. The van der Waals surface area contributed by atoms with Gasteiger partial charge in [-0.05, 0) is 55.6 Å². The molecule has 0 aliphatic carbocycles. The van der Waals surface area contributed by atoms with Gasteiger partial charge in [-0.3, -0.25) is 0 Å². The fraction of sp³-hybridized carbons (Fsp3) is 0.478. The van der Waals surface area contributed by atoms with E-state index in [1.807, 2.05) is 30.3 Å². The molecule has 2 N–H and O–H groups in total. The number of anilines is 1. The van der Waals surface area contributed by atoms with Gasteiger partial charge in [-0.15, -0.1) is 11.8 Å². The minimum atomic E-state index is -5.45. The quantitative estimate of drug-likeness (QED) is 0.507. The maximum Gasteiger partial charge on any atom is 0.501 e. The molecule has 10 heteroatoms. The molecule has 2 aromatic rings. The topological polar surface area (TPSA) is 61.4 Å². The molecule has 2 unspecified atom stereocenters. The van der Waals surface area contributed by atoms with Crippen molar-refractivity contribution in [1.29, 1.82) is 0 Å². The molecule has 2 saturated heterocycles. The number of hydrogen-bond acceptors (Lipinski definition) is 6. The Morgan fingerprint density at radius 2 is 1.67 bits per heavy atom. The maximum absolute atomic E-state index is 13.2. The number of para-hydroxylation sites is 1. The van der Waals surface area contributed by atoms with E-state index in [-0.39, 0.29) is 11.7 Å². The number of nitrogens with one attached hydrogen (secondary N) is 2. The number of fused-ring (bicyclic) bond motifs is 1. The summed E-state index contributed by atoms with van der Waals surface area (Å²) < 4.78 is 64.0. The highest BCUT2D eigenvalue weighted by Gasteiger charge is 2.48. The molecule has 2 aliphatic rings. The van der Waals surface area contributed by atoms with Gasteiger partial charge in [-0.2, -0.15) is 13.2 Å². The second kappa shape index (κ2) is 10.2. The van der Waals surface area contributed by atoms with Crippen LogP contribution in [0.4, 0.5) is 18.9 Å². The zero-order chi connectivity index (χ0) is 23.5. The normalized spacial score (nSPS) is 22.3. The highest BCUT2D eigenvalue weighted by Crippen LogP contribution is 2.35. The summed E-state index contributed by atoms with van der Waals surface area (Å²) >= 11 is 1.60. The summed E-state index contributed by atoms with van der Waals surface area (Å²) in [6.07, 6.45) is 0.701. The smallest absolute Gasteiger partial charge is 0.380 e. The number of sulfone groups is 1. The van der Waals surface area contributed by atoms with Crippen LogP contribution in [-0.2, 0) is 9.84 Å². The first-order chi connectivity index (χ1) is 15.7. The molecule has 2 aliphatic heterocycles. The molecule has 0 saturated carbocycles. The molecule has 180 valence electrons. The van der Waals surface area contributed by atoms with E-state index >= 15 is 0 Å². The molecule has 2 aromatic carbocycles. The van der Waals surface area contributed by atoms with Gasteiger partial charge in [0.05, 0.1) is 10.6 Å². The van der Waals surface area contributed by atoms with Gasteiger partial charge in [0, 0.05) is 36.3 Å².